The van der Waals surface area contributed by atoms with E-state index in [0.717, 1.165) is 5.39 Å². The summed E-state index contributed by atoms with van der Waals surface area (Å²) in [4.78, 5) is 15.9. The molecule has 2 aromatic heterocycles. The molecular weight excluding hydrogens is 178 g/mol. The van der Waals surface area contributed by atoms with Gasteiger partial charge in [0.1, 0.15) is 5.52 Å². The first-order valence-electron chi connectivity index (χ1n) is 4.52. The van der Waals surface area contributed by atoms with E-state index in [4.69, 9.17) is 0 Å². The Morgan fingerprint density at radius 2 is 2.21 bits per heavy atom. The molecule has 0 N–H and O–H groups in total. The number of hydrogen-bond acceptors (Lipinski definition) is 3. The minimum absolute atomic E-state index is 0.0638. The molecule has 72 valence electrons. The fourth-order valence-electron chi connectivity index (χ4n) is 1.35. The van der Waals surface area contributed by atoms with Gasteiger partial charge in [0.2, 0.25) is 0 Å². The highest BCUT2D eigenvalue weighted by Gasteiger charge is 2.06. The summed E-state index contributed by atoms with van der Waals surface area (Å²) in [5.41, 5.74) is 0.356. The molecule has 2 heterocycles. The molecule has 14 heavy (non-hydrogen) atoms. The lowest BCUT2D eigenvalue weighted by Crippen LogP contribution is -2.24. The van der Waals surface area contributed by atoms with Gasteiger partial charge >= 0.3 is 0 Å². The van der Waals surface area contributed by atoms with Crippen molar-refractivity contribution in [1.82, 2.24) is 14.8 Å². The molecule has 0 fully saturated rings. The van der Waals surface area contributed by atoms with Gasteiger partial charge in [0.15, 0.2) is 0 Å². The SMILES string of the molecule is CC(C)n1ncc2cccnc2c1=O. The van der Waals surface area contributed by atoms with Gasteiger partial charge in [0.05, 0.1) is 12.2 Å². The average Bonchev–Trinajstić information content (AvgIpc) is 2.18. The molecule has 0 aliphatic rings. The summed E-state index contributed by atoms with van der Waals surface area (Å²) in [7, 11) is 0. The van der Waals surface area contributed by atoms with Crippen molar-refractivity contribution < 1.29 is 0 Å². The summed E-state index contributed by atoms with van der Waals surface area (Å²) in [5, 5.41) is 4.86. The Morgan fingerprint density at radius 1 is 1.43 bits per heavy atom. The first-order valence-corrected chi connectivity index (χ1v) is 4.52. The number of pyridine rings is 1. The lowest BCUT2D eigenvalue weighted by molar-refractivity contribution is 0.507. The van der Waals surface area contributed by atoms with Gasteiger partial charge in [-0.2, -0.15) is 5.10 Å². The summed E-state index contributed by atoms with van der Waals surface area (Å²) >= 11 is 0. The average molecular weight is 189 g/mol. The molecule has 0 saturated carbocycles. The van der Waals surface area contributed by atoms with Gasteiger partial charge in [-0.05, 0) is 26.0 Å². The van der Waals surface area contributed by atoms with Crippen molar-refractivity contribution in [3.05, 3.63) is 34.9 Å². The van der Waals surface area contributed by atoms with Crippen LogP contribution < -0.4 is 5.56 Å². The van der Waals surface area contributed by atoms with E-state index in [-0.39, 0.29) is 11.6 Å². The van der Waals surface area contributed by atoms with Crippen LogP contribution >= 0.6 is 0 Å². The molecule has 4 nitrogen and oxygen atoms in total. The molecule has 0 atom stereocenters. The van der Waals surface area contributed by atoms with Crippen molar-refractivity contribution >= 4 is 10.9 Å². The molecular formula is C10H11N3O. The number of fused-ring (bicyclic) bond motifs is 1. The number of nitrogens with zero attached hydrogens (tertiary/aromatic N) is 3. The van der Waals surface area contributed by atoms with Crippen LogP contribution in [-0.4, -0.2) is 14.8 Å². The second-order valence-electron chi connectivity index (χ2n) is 3.43. The van der Waals surface area contributed by atoms with Crippen molar-refractivity contribution in [2.45, 2.75) is 19.9 Å². The molecule has 0 bridgehead atoms. The molecule has 2 aromatic rings. The molecule has 0 unspecified atom stereocenters. The Kier molecular flexibility index (Phi) is 2.04. The molecule has 0 spiro atoms. The van der Waals surface area contributed by atoms with Crippen LogP contribution in [0.25, 0.3) is 10.9 Å². The van der Waals surface area contributed by atoms with Crippen molar-refractivity contribution in [2.24, 2.45) is 0 Å². The van der Waals surface area contributed by atoms with Crippen LogP contribution in [0.15, 0.2) is 29.3 Å². The highest BCUT2D eigenvalue weighted by Crippen LogP contribution is 2.05. The molecule has 0 saturated heterocycles. The molecule has 0 aliphatic heterocycles. The zero-order valence-electron chi connectivity index (χ0n) is 8.14. The monoisotopic (exact) mass is 189 g/mol. The van der Waals surface area contributed by atoms with Crippen LogP contribution in [0, 0.1) is 0 Å². The zero-order valence-corrected chi connectivity index (χ0v) is 8.14. The van der Waals surface area contributed by atoms with E-state index < -0.39 is 0 Å². The molecule has 4 heteroatoms. The number of rotatable bonds is 1. The van der Waals surface area contributed by atoms with Gasteiger partial charge < -0.3 is 0 Å². The molecule has 2 rings (SSSR count). The Hall–Kier alpha value is -1.71. The van der Waals surface area contributed by atoms with E-state index in [0.29, 0.717) is 5.52 Å². The third-order valence-corrected chi connectivity index (χ3v) is 2.06. The van der Waals surface area contributed by atoms with Gasteiger partial charge in [-0.1, -0.05) is 0 Å². The van der Waals surface area contributed by atoms with E-state index in [9.17, 15) is 4.79 Å². The van der Waals surface area contributed by atoms with Crippen molar-refractivity contribution in [3.63, 3.8) is 0 Å². The topological polar surface area (TPSA) is 47.8 Å². The van der Waals surface area contributed by atoms with Gasteiger partial charge in [-0.25, -0.2) is 4.68 Å². The Morgan fingerprint density at radius 3 is 2.93 bits per heavy atom. The van der Waals surface area contributed by atoms with E-state index in [1.54, 1.807) is 18.5 Å². The fourth-order valence-corrected chi connectivity index (χ4v) is 1.35. The standard InChI is InChI=1S/C10H11N3O/c1-7(2)13-10(14)9-8(6-12-13)4-3-5-11-9/h3-7H,1-2H3. The maximum absolute atomic E-state index is 11.8. The number of aromatic nitrogens is 3. The van der Waals surface area contributed by atoms with Crippen molar-refractivity contribution in [3.8, 4) is 0 Å². The van der Waals surface area contributed by atoms with Gasteiger partial charge in [-0.15, -0.1) is 0 Å². The molecule has 0 aliphatic carbocycles. The summed E-state index contributed by atoms with van der Waals surface area (Å²) in [5.74, 6) is 0. The predicted molar refractivity (Wildman–Crippen MR) is 54.2 cm³/mol. The smallest absolute Gasteiger partial charge is 0.265 e. The quantitative estimate of drug-likeness (QED) is 0.680. The van der Waals surface area contributed by atoms with Crippen LogP contribution in [-0.2, 0) is 0 Å². The number of hydrogen-bond donors (Lipinski definition) is 0. The predicted octanol–water partition coefficient (Wildman–Crippen LogP) is 1.37. The summed E-state index contributed by atoms with van der Waals surface area (Å²) in [6.45, 7) is 3.84. The maximum Gasteiger partial charge on any atom is 0.293 e. The minimum atomic E-state index is -0.127. The molecule has 0 radical (unpaired) electrons. The molecule has 0 aromatic carbocycles. The van der Waals surface area contributed by atoms with Crippen LogP contribution in [0.1, 0.15) is 19.9 Å². The van der Waals surface area contributed by atoms with Gasteiger partial charge in [-0.3, -0.25) is 9.78 Å². The Labute approximate surface area is 81.2 Å². The first kappa shape index (κ1) is 8.87. The third kappa shape index (κ3) is 1.28. The third-order valence-electron chi connectivity index (χ3n) is 2.06. The van der Waals surface area contributed by atoms with Crippen LogP contribution in [0.3, 0.4) is 0 Å². The largest absolute Gasteiger partial charge is 0.293 e. The summed E-state index contributed by atoms with van der Waals surface area (Å²) < 4.78 is 1.44. The second kappa shape index (κ2) is 3.21. The zero-order chi connectivity index (χ0) is 10.1. The first-order chi connectivity index (χ1) is 6.70. The maximum atomic E-state index is 11.8. The van der Waals surface area contributed by atoms with Crippen LogP contribution in [0.4, 0.5) is 0 Å². The van der Waals surface area contributed by atoms with Gasteiger partial charge in [0.25, 0.3) is 5.56 Å². The van der Waals surface area contributed by atoms with Crippen LogP contribution in [0.2, 0.25) is 0 Å². The summed E-state index contributed by atoms with van der Waals surface area (Å²) in [6, 6.07) is 3.69. The fraction of sp³-hybridized carbons (Fsp3) is 0.300. The summed E-state index contributed by atoms with van der Waals surface area (Å²) in [6.07, 6.45) is 3.29. The van der Waals surface area contributed by atoms with Gasteiger partial charge in [0, 0.05) is 11.6 Å². The van der Waals surface area contributed by atoms with Crippen molar-refractivity contribution in [2.75, 3.05) is 0 Å². The Bertz CT molecular complexity index is 516. The van der Waals surface area contributed by atoms with E-state index in [2.05, 4.69) is 10.1 Å². The molecule has 0 amide bonds. The lowest BCUT2D eigenvalue weighted by atomic mass is 10.3. The van der Waals surface area contributed by atoms with E-state index in [1.165, 1.54) is 4.68 Å². The highest BCUT2D eigenvalue weighted by molar-refractivity contribution is 5.75. The Balaban J connectivity index is 2.82. The normalized spacial score (nSPS) is 11.1. The lowest BCUT2D eigenvalue weighted by Gasteiger charge is -2.07. The highest BCUT2D eigenvalue weighted by atomic mass is 16.1. The second-order valence-corrected chi connectivity index (χ2v) is 3.43. The minimum Gasteiger partial charge on any atom is -0.265 e. The van der Waals surface area contributed by atoms with E-state index >= 15 is 0 Å². The van der Waals surface area contributed by atoms with Crippen LogP contribution in [0.5, 0.6) is 0 Å². The van der Waals surface area contributed by atoms with E-state index in [1.807, 2.05) is 19.9 Å². The van der Waals surface area contributed by atoms with Crippen molar-refractivity contribution in [1.29, 1.82) is 0 Å².